The van der Waals surface area contributed by atoms with E-state index in [1.807, 2.05) is 30.5 Å². The molecule has 0 atom stereocenters. The molecule has 2 rings (SSSR count). The summed E-state index contributed by atoms with van der Waals surface area (Å²) in [6, 6.07) is 7.53. The molecule has 0 unspecified atom stereocenters. The number of nitrogens with zero attached hydrogens (tertiary/aromatic N) is 2. The van der Waals surface area contributed by atoms with Gasteiger partial charge < -0.3 is 4.74 Å². The number of benzene rings is 1. The van der Waals surface area contributed by atoms with Gasteiger partial charge in [0.1, 0.15) is 11.4 Å². The molecule has 0 saturated carbocycles. The molecule has 1 aromatic heterocycles. The topological polar surface area (TPSA) is 44.1 Å². The van der Waals surface area contributed by atoms with Crippen LogP contribution in [0.3, 0.4) is 0 Å². The summed E-state index contributed by atoms with van der Waals surface area (Å²) in [6.07, 6.45) is 2.59. The van der Waals surface area contributed by atoms with Gasteiger partial charge in [-0.2, -0.15) is 5.10 Å². The van der Waals surface area contributed by atoms with Gasteiger partial charge in [0.15, 0.2) is 6.29 Å². The maximum atomic E-state index is 10.8. The van der Waals surface area contributed by atoms with Crippen LogP contribution in [0.15, 0.2) is 30.5 Å². The van der Waals surface area contributed by atoms with Crippen molar-refractivity contribution in [2.75, 3.05) is 7.11 Å². The minimum atomic E-state index is 0.452. The molecule has 0 radical (unpaired) electrons. The molecular weight excluding hydrogens is 204 g/mol. The second kappa shape index (κ2) is 4.18. The molecule has 1 aromatic carbocycles. The van der Waals surface area contributed by atoms with Gasteiger partial charge in [-0.05, 0) is 17.7 Å². The summed E-state index contributed by atoms with van der Waals surface area (Å²) in [4.78, 5) is 10.8. The highest BCUT2D eigenvalue weighted by molar-refractivity contribution is 5.85. The van der Waals surface area contributed by atoms with E-state index in [-0.39, 0.29) is 0 Å². The highest BCUT2D eigenvalue weighted by atomic mass is 16.5. The predicted molar refractivity (Wildman–Crippen MR) is 60.6 cm³/mol. The number of hydrogen-bond acceptors (Lipinski definition) is 3. The summed E-state index contributed by atoms with van der Waals surface area (Å²) in [5, 5.41) is 4.07. The van der Waals surface area contributed by atoms with Crippen molar-refractivity contribution in [2.45, 2.75) is 0 Å². The number of methoxy groups -OCH3 is 1. The minimum Gasteiger partial charge on any atom is -0.497 e. The van der Waals surface area contributed by atoms with Crippen molar-refractivity contribution in [3.05, 3.63) is 36.2 Å². The van der Waals surface area contributed by atoms with Crippen LogP contribution in [-0.2, 0) is 7.05 Å². The number of hydrogen-bond donors (Lipinski definition) is 0. The number of aryl methyl sites for hydroxylation is 1. The van der Waals surface area contributed by atoms with Crippen molar-refractivity contribution in [1.29, 1.82) is 0 Å². The molecule has 0 saturated heterocycles. The zero-order valence-electron chi connectivity index (χ0n) is 9.18. The highest BCUT2D eigenvalue weighted by Crippen LogP contribution is 2.24. The van der Waals surface area contributed by atoms with Crippen molar-refractivity contribution >= 4 is 6.29 Å². The number of ether oxygens (including phenoxy) is 1. The zero-order valence-corrected chi connectivity index (χ0v) is 9.18. The van der Waals surface area contributed by atoms with E-state index in [2.05, 4.69) is 5.10 Å². The third kappa shape index (κ3) is 1.82. The quantitative estimate of drug-likeness (QED) is 0.736. The summed E-state index contributed by atoms with van der Waals surface area (Å²) >= 11 is 0. The average molecular weight is 216 g/mol. The molecule has 0 aliphatic heterocycles. The molecule has 4 nitrogen and oxygen atoms in total. The molecule has 0 bridgehead atoms. The molecule has 0 amide bonds. The fourth-order valence-electron chi connectivity index (χ4n) is 1.59. The Kier molecular flexibility index (Phi) is 2.72. The molecular formula is C12H12N2O2. The highest BCUT2D eigenvalue weighted by Gasteiger charge is 2.08. The molecule has 0 aliphatic carbocycles. The van der Waals surface area contributed by atoms with Gasteiger partial charge in [-0.25, -0.2) is 0 Å². The molecule has 16 heavy (non-hydrogen) atoms. The van der Waals surface area contributed by atoms with E-state index in [0.29, 0.717) is 5.69 Å². The summed E-state index contributed by atoms with van der Waals surface area (Å²) < 4.78 is 6.70. The van der Waals surface area contributed by atoms with E-state index in [9.17, 15) is 4.79 Å². The van der Waals surface area contributed by atoms with E-state index in [0.717, 1.165) is 23.2 Å². The summed E-state index contributed by atoms with van der Waals surface area (Å²) in [5.41, 5.74) is 2.24. The SMILES string of the molecule is COc1ccc(-c2cn(C)nc2C=O)cc1. The summed E-state index contributed by atoms with van der Waals surface area (Å²) in [7, 11) is 3.41. The molecule has 2 aromatic rings. The van der Waals surface area contributed by atoms with E-state index >= 15 is 0 Å². The van der Waals surface area contributed by atoms with Gasteiger partial charge in [-0.15, -0.1) is 0 Å². The first-order chi connectivity index (χ1) is 7.74. The Balaban J connectivity index is 2.45. The monoisotopic (exact) mass is 216 g/mol. The van der Waals surface area contributed by atoms with Gasteiger partial charge in [0.25, 0.3) is 0 Å². The van der Waals surface area contributed by atoms with Crippen molar-refractivity contribution in [2.24, 2.45) is 7.05 Å². The van der Waals surface area contributed by atoms with Crippen molar-refractivity contribution in [3.8, 4) is 16.9 Å². The first-order valence-corrected chi connectivity index (χ1v) is 4.88. The zero-order chi connectivity index (χ0) is 11.5. The number of carbonyl (C=O) groups is 1. The van der Waals surface area contributed by atoms with E-state index < -0.39 is 0 Å². The first-order valence-electron chi connectivity index (χ1n) is 4.88. The number of aromatic nitrogens is 2. The maximum absolute atomic E-state index is 10.8. The molecule has 82 valence electrons. The molecule has 0 N–H and O–H groups in total. The molecule has 0 fully saturated rings. The van der Waals surface area contributed by atoms with Gasteiger partial charge in [0.05, 0.1) is 7.11 Å². The smallest absolute Gasteiger partial charge is 0.170 e. The van der Waals surface area contributed by atoms with Gasteiger partial charge in [-0.1, -0.05) is 12.1 Å². The minimum absolute atomic E-state index is 0.452. The van der Waals surface area contributed by atoms with Crippen LogP contribution in [0.25, 0.3) is 11.1 Å². The van der Waals surface area contributed by atoms with E-state index in [1.165, 1.54) is 0 Å². The second-order valence-corrected chi connectivity index (χ2v) is 3.45. The first kappa shape index (κ1) is 10.4. The van der Waals surface area contributed by atoms with E-state index in [4.69, 9.17) is 4.74 Å². The normalized spacial score (nSPS) is 10.1. The van der Waals surface area contributed by atoms with Gasteiger partial charge in [0, 0.05) is 18.8 Å². The summed E-state index contributed by atoms with van der Waals surface area (Å²) in [5.74, 6) is 0.792. The van der Waals surface area contributed by atoms with Crippen molar-refractivity contribution < 1.29 is 9.53 Å². The van der Waals surface area contributed by atoms with Crippen LogP contribution in [0.4, 0.5) is 0 Å². The van der Waals surface area contributed by atoms with Crippen molar-refractivity contribution in [3.63, 3.8) is 0 Å². The molecule has 0 spiro atoms. The number of rotatable bonds is 3. The van der Waals surface area contributed by atoms with Gasteiger partial charge in [-0.3, -0.25) is 9.48 Å². The Morgan fingerprint density at radius 2 is 2.00 bits per heavy atom. The molecule has 4 heteroatoms. The Labute approximate surface area is 93.5 Å². The van der Waals surface area contributed by atoms with E-state index in [1.54, 1.807) is 18.8 Å². The van der Waals surface area contributed by atoms with Crippen LogP contribution < -0.4 is 4.74 Å². The van der Waals surface area contributed by atoms with Gasteiger partial charge >= 0.3 is 0 Å². The fraction of sp³-hybridized carbons (Fsp3) is 0.167. The lowest BCUT2D eigenvalue weighted by atomic mass is 10.1. The lowest BCUT2D eigenvalue weighted by Gasteiger charge is -2.01. The third-order valence-electron chi connectivity index (χ3n) is 2.37. The maximum Gasteiger partial charge on any atom is 0.170 e. The third-order valence-corrected chi connectivity index (χ3v) is 2.37. The largest absolute Gasteiger partial charge is 0.497 e. The van der Waals surface area contributed by atoms with Crippen LogP contribution in [0.1, 0.15) is 10.5 Å². The fourth-order valence-corrected chi connectivity index (χ4v) is 1.59. The Morgan fingerprint density at radius 1 is 1.31 bits per heavy atom. The Morgan fingerprint density at radius 3 is 2.56 bits per heavy atom. The van der Waals surface area contributed by atoms with Crippen LogP contribution in [0.2, 0.25) is 0 Å². The summed E-state index contributed by atoms with van der Waals surface area (Å²) in [6.45, 7) is 0. The second-order valence-electron chi connectivity index (χ2n) is 3.45. The number of aldehydes is 1. The lowest BCUT2D eigenvalue weighted by molar-refractivity contribution is 0.111. The van der Waals surface area contributed by atoms with Crippen molar-refractivity contribution in [1.82, 2.24) is 9.78 Å². The van der Waals surface area contributed by atoms with Crippen LogP contribution >= 0.6 is 0 Å². The number of carbonyl (C=O) groups excluding carboxylic acids is 1. The lowest BCUT2D eigenvalue weighted by Crippen LogP contribution is -1.89. The van der Waals surface area contributed by atoms with Crippen LogP contribution in [-0.4, -0.2) is 23.2 Å². The Bertz CT molecular complexity index is 500. The average Bonchev–Trinajstić information content (AvgIpc) is 2.70. The molecule has 1 heterocycles. The predicted octanol–water partition coefficient (Wildman–Crippen LogP) is 1.91. The van der Waals surface area contributed by atoms with Crippen LogP contribution in [0.5, 0.6) is 5.75 Å². The Hall–Kier alpha value is -2.10. The van der Waals surface area contributed by atoms with Crippen LogP contribution in [0, 0.1) is 0 Å². The van der Waals surface area contributed by atoms with Gasteiger partial charge in [0.2, 0.25) is 0 Å². The standard InChI is InChI=1S/C12H12N2O2/c1-14-7-11(12(8-15)13-14)9-3-5-10(16-2)6-4-9/h3-8H,1-2H3. The molecule has 0 aliphatic rings.